The summed E-state index contributed by atoms with van der Waals surface area (Å²) in [4.78, 5) is 1.87. The predicted octanol–water partition coefficient (Wildman–Crippen LogP) is -0.346. The average molecular weight is 115 g/mol. The lowest BCUT2D eigenvalue weighted by atomic mass is 10.4. The molecule has 0 saturated heterocycles. The first-order valence-electron chi connectivity index (χ1n) is 2.45. The second-order valence-electron chi connectivity index (χ2n) is 1.94. The Balaban J connectivity index is 4.00. The molecule has 0 rings (SSSR count). The molecule has 0 unspecified atom stereocenters. The van der Waals surface area contributed by atoms with Gasteiger partial charge in [0.25, 0.3) is 0 Å². The molecule has 3 nitrogen and oxygen atoms in total. The average Bonchev–Trinajstić information content (AvgIpc) is 1.64. The summed E-state index contributed by atoms with van der Waals surface area (Å²) in [5.74, 6) is 0.384. The van der Waals surface area contributed by atoms with Crippen LogP contribution in [0.2, 0.25) is 0 Å². The van der Waals surface area contributed by atoms with Gasteiger partial charge in [-0.2, -0.15) is 0 Å². The zero-order valence-corrected chi connectivity index (χ0v) is 5.60. The van der Waals surface area contributed by atoms with Crippen LogP contribution >= 0.6 is 0 Å². The van der Waals surface area contributed by atoms with Crippen molar-refractivity contribution in [2.45, 2.75) is 6.92 Å². The maximum Gasteiger partial charge on any atom is 0.113 e. The molecule has 0 atom stereocenters. The predicted molar refractivity (Wildman–Crippen MR) is 34.8 cm³/mol. The van der Waals surface area contributed by atoms with E-state index in [-0.39, 0.29) is 0 Å². The van der Waals surface area contributed by atoms with E-state index in [0.29, 0.717) is 5.82 Å². The van der Waals surface area contributed by atoms with E-state index in [2.05, 4.69) is 0 Å². The quantitative estimate of drug-likeness (QED) is 0.491. The molecule has 0 aromatic rings. The van der Waals surface area contributed by atoms with Crippen LogP contribution in [0.1, 0.15) is 6.92 Å². The first kappa shape index (κ1) is 7.14. The van der Waals surface area contributed by atoms with Gasteiger partial charge in [-0.1, -0.05) is 0 Å². The van der Waals surface area contributed by atoms with Crippen LogP contribution < -0.4 is 11.5 Å². The van der Waals surface area contributed by atoms with Gasteiger partial charge >= 0.3 is 0 Å². The maximum atomic E-state index is 5.25. The zero-order chi connectivity index (χ0) is 6.73. The third kappa shape index (κ3) is 1.73. The van der Waals surface area contributed by atoms with Gasteiger partial charge in [-0.3, -0.25) is 0 Å². The molecule has 0 spiro atoms. The molecule has 4 N–H and O–H groups in total. The lowest BCUT2D eigenvalue weighted by Crippen LogP contribution is -2.19. The van der Waals surface area contributed by atoms with Gasteiger partial charge in [0.05, 0.1) is 0 Å². The standard InChI is InChI=1S/C5H13N3/c1-4(5(6)7)8(2)3/h6-7H2,1-3H3. The molecule has 0 bridgehead atoms. The normalized spacial score (nSPS) is 8.38. The van der Waals surface area contributed by atoms with Crippen molar-refractivity contribution in [3.8, 4) is 0 Å². The van der Waals surface area contributed by atoms with Gasteiger partial charge in [-0.05, 0) is 6.92 Å². The SMILES string of the molecule is CC(=C(N)N)N(C)C. The second-order valence-corrected chi connectivity index (χ2v) is 1.94. The van der Waals surface area contributed by atoms with Crippen molar-refractivity contribution in [3.63, 3.8) is 0 Å². The molecule has 0 aromatic heterocycles. The molecule has 0 aliphatic carbocycles. The summed E-state index contributed by atoms with van der Waals surface area (Å²) < 4.78 is 0. The summed E-state index contributed by atoms with van der Waals surface area (Å²) in [6.45, 7) is 1.87. The number of allylic oxidation sites excluding steroid dienone is 1. The lowest BCUT2D eigenvalue weighted by Gasteiger charge is -2.12. The summed E-state index contributed by atoms with van der Waals surface area (Å²) >= 11 is 0. The van der Waals surface area contributed by atoms with Crippen molar-refractivity contribution >= 4 is 0 Å². The second kappa shape index (κ2) is 2.45. The van der Waals surface area contributed by atoms with Crippen LogP contribution in [-0.2, 0) is 0 Å². The van der Waals surface area contributed by atoms with Crippen molar-refractivity contribution in [1.82, 2.24) is 4.90 Å². The van der Waals surface area contributed by atoms with Crippen molar-refractivity contribution in [2.24, 2.45) is 11.5 Å². The number of rotatable bonds is 1. The summed E-state index contributed by atoms with van der Waals surface area (Å²) in [6.07, 6.45) is 0. The fourth-order valence-electron chi connectivity index (χ4n) is 0.258. The van der Waals surface area contributed by atoms with Crippen LogP contribution in [0.4, 0.5) is 0 Å². The van der Waals surface area contributed by atoms with Gasteiger partial charge in [-0.25, -0.2) is 0 Å². The number of nitrogens with two attached hydrogens (primary N) is 2. The third-order valence-electron chi connectivity index (χ3n) is 1.09. The topological polar surface area (TPSA) is 55.3 Å². The Morgan fingerprint density at radius 1 is 1.25 bits per heavy atom. The summed E-state index contributed by atoms with van der Waals surface area (Å²) in [6, 6.07) is 0. The van der Waals surface area contributed by atoms with Crippen LogP contribution in [0.15, 0.2) is 11.5 Å². The minimum Gasteiger partial charge on any atom is -0.384 e. The Morgan fingerprint density at radius 2 is 1.62 bits per heavy atom. The van der Waals surface area contributed by atoms with Gasteiger partial charge in [-0.15, -0.1) is 0 Å². The van der Waals surface area contributed by atoms with E-state index in [0.717, 1.165) is 5.70 Å². The Morgan fingerprint density at radius 3 is 1.62 bits per heavy atom. The van der Waals surface area contributed by atoms with Crippen molar-refractivity contribution < 1.29 is 0 Å². The summed E-state index contributed by atoms with van der Waals surface area (Å²) in [5, 5.41) is 0. The van der Waals surface area contributed by atoms with E-state index in [1.807, 2.05) is 25.9 Å². The first-order chi connectivity index (χ1) is 3.55. The van der Waals surface area contributed by atoms with Crippen molar-refractivity contribution in [2.75, 3.05) is 14.1 Å². The highest BCUT2D eigenvalue weighted by Crippen LogP contribution is 1.93. The minimum atomic E-state index is 0.384. The first-order valence-corrected chi connectivity index (χ1v) is 2.45. The van der Waals surface area contributed by atoms with Gasteiger partial charge in [0, 0.05) is 19.8 Å². The molecule has 0 fully saturated rings. The zero-order valence-electron chi connectivity index (χ0n) is 5.60. The van der Waals surface area contributed by atoms with E-state index in [1.165, 1.54) is 0 Å². The molecule has 0 aliphatic heterocycles. The number of hydrogen-bond donors (Lipinski definition) is 2. The molecule has 8 heavy (non-hydrogen) atoms. The highest BCUT2D eigenvalue weighted by atomic mass is 15.1. The van der Waals surface area contributed by atoms with Gasteiger partial charge < -0.3 is 16.4 Å². The van der Waals surface area contributed by atoms with Gasteiger partial charge in [0.15, 0.2) is 0 Å². The summed E-state index contributed by atoms with van der Waals surface area (Å²) in [7, 11) is 3.80. The molecular weight excluding hydrogens is 102 g/mol. The van der Waals surface area contributed by atoms with E-state index in [9.17, 15) is 0 Å². The van der Waals surface area contributed by atoms with Crippen LogP contribution in [0.3, 0.4) is 0 Å². The highest BCUT2D eigenvalue weighted by molar-refractivity contribution is 5.01. The molecule has 0 radical (unpaired) electrons. The Kier molecular flexibility index (Phi) is 2.19. The van der Waals surface area contributed by atoms with Crippen LogP contribution in [0.5, 0.6) is 0 Å². The number of nitrogens with zero attached hydrogens (tertiary/aromatic N) is 1. The fraction of sp³-hybridized carbons (Fsp3) is 0.600. The van der Waals surface area contributed by atoms with Crippen LogP contribution in [-0.4, -0.2) is 19.0 Å². The highest BCUT2D eigenvalue weighted by Gasteiger charge is 1.92. The Hall–Kier alpha value is -0.860. The summed E-state index contributed by atoms with van der Waals surface area (Å²) in [5.41, 5.74) is 11.4. The van der Waals surface area contributed by atoms with E-state index < -0.39 is 0 Å². The van der Waals surface area contributed by atoms with Crippen molar-refractivity contribution in [3.05, 3.63) is 11.5 Å². The minimum absolute atomic E-state index is 0.384. The molecule has 0 aliphatic rings. The molecular formula is C5H13N3. The smallest absolute Gasteiger partial charge is 0.113 e. The molecule has 0 amide bonds. The van der Waals surface area contributed by atoms with E-state index in [1.54, 1.807) is 0 Å². The van der Waals surface area contributed by atoms with Crippen LogP contribution in [0.25, 0.3) is 0 Å². The molecule has 0 saturated carbocycles. The third-order valence-corrected chi connectivity index (χ3v) is 1.09. The van der Waals surface area contributed by atoms with E-state index in [4.69, 9.17) is 11.5 Å². The fourth-order valence-corrected chi connectivity index (χ4v) is 0.258. The van der Waals surface area contributed by atoms with Crippen molar-refractivity contribution in [1.29, 1.82) is 0 Å². The molecule has 0 heterocycles. The molecule has 3 heteroatoms. The molecule has 48 valence electrons. The Bertz CT molecular complexity index is 100. The monoisotopic (exact) mass is 115 g/mol. The largest absolute Gasteiger partial charge is 0.384 e. The number of hydrogen-bond acceptors (Lipinski definition) is 3. The Labute approximate surface area is 49.9 Å². The maximum absolute atomic E-state index is 5.25. The van der Waals surface area contributed by atoms with Gasteiger partial charge in [0.2, 0.25) is 0 Å². The lowest BCUT2D eigenvalue weighted by molar-refractivity contribution is 0.505. The molecule has 0 aromatic carbocycles. The van der Waals surface area contributed by atoms with Crippen LogP contribution in [0, 0.1) is 0 Å². The van der Waals surface area contributed by atoms with E-state index >= 15 is 0 Å². The van der Waals surface area contributed by atoms with Gasteiger partial charge in [0.1, 0.15) is 5.82 Å².